The van der Waals surface area contributed by atoms with Crippen molar-refractivity contribution in [3.05, 3.63) is 0 Å². The van der Waals surface area contributed by atoms with Crippen LogP contribution in [0.4, 0.5) is 0 Å². The molecule has 0 amide bonds. The molecule has 0 rings (SSSR count). The third-order valence-electron chi connectivity index (χ3n) is 0.817. The lowest BCUT2D eigenvalue weighted by atomic mass is 10.9. The summed E-state index contributed by atoms with van der Waals surface area (Å²) in [4.78, 5) is 9.45. The molecule has 0 fully saturated rings. The average molecular weight is 151 g/mol. The molecule has 1 atom stereocenters. The van der Waals surface area contributed by atoms with Crippen LogP contribution in [0.3, 0.4) is 0 Å². The fourth-order valence-corrected chi connectivity index (χ4v) is 0.369. The maximum absolute atomic E-state index is 10.4. The Morgan fingerprint density at radius 2 is 2.00 bits per heavy atom. The number of hydrogen-bond acceptors (Lipinski definition) is 4. The topological polar surface area (TPSA) is 60.4 Å². The first-order valence-corrected chi connectivity index (χ1v) is 4.15. The highest BCUT2D eigenvalue weighted by Gasteiger charge is 2.14. The first kappa shape index (κ1) is 8.42. The lowest BCUT2D eigenvalue weighted by molar-refractivity contribution is 0.257. The van der Waals surface area contributed by atoms with Gasteiger partial charge in [-0.3, -0.25) is 0 Å². The minimum absolute atomic E-state index is 0.981. The summed E-state index contributed by atoms with van der Waals surface area (Å²) >= 11 is 0. The SMILES string of the molecule is CC(O[C]=O)S(C)(=O)=O. The summed E-state index contributed by atoms with van der Waals surface area (Å²) in [6.45, 7) is 2.31. The monoisotopic (exact) mass is 151 g/mol. The Morgan fingerprint density at radius 1 is 1.56 bits per heavy atom. The fraction of sp³-hybridized carbons (Fsp3) is 0.750. The van der Waals surface area contributed by atoms with E-state index in [1.54, 1.807) is 0 Å². The van der Waals surface area contributed by atoms with Gasteiger partial charge in [-0.2, -0.15) is 0 Å². The number of carbonyl (C=O) groups excluding carboxylic acids is 1. The number of ether oxygens (including phenoxy) is 1. The van der Waals surface area contributed by atoms with Gasteiger partial charge in [0.25, 0.3) is 0 Å². The Kier molecular flexibility index (Phi) is 2.64. The molecule has 4 nitrogen and oxygen atoms in total. The number of rotatable bonds is 3. The van der Waals surface area contributed by atoms with Crippen LogP contribution in [0.5, 0.6) is 0 Å². The molecule has 1 radical (unpaired) electrons. The second-order valence-corrected chi connectivity index (χ2v) is 3.92. The van der Waals surface area contributed by atoms with Crippen LogP contribution in [-0.4, -0.2) is 26.6 Å². The van der Waals surface area contributed by atoms with E-state index in [4.69, 9.17) is 0 Å². The van der Waals surface area contributed by atoms with E-state index in [1.165, 1.54) is 6.92 Å². The average Bonchev–Trinajstić information content (AvgIpc) is 1.64. The molecule has 0 aliphatic carbocycles. The van der Waals surface area contributed by atoms with Crippen LogP contribution in [0.1, 0.15) is 6.92 Å². The maximum Gasteiger partial charge on any atom is 0.418 e. The summed E-state index contributed by atoms with van der Waals surface area (Å²) in [6.07, 6.45) is 0.981. The molecular formula is C4H7O4S. The number of sulfone groups is 1. The van der Waals surface area contributed by atoms with Gasteiger partial charge in [-0.15, -0.1) is 0 Å². The van der Waals surface area contributed by atoms with Gasteiger partial charge in [0, 0.05) is 6.26 Å². The van der Waals surface area contributed by atoms with Crippen molar-refractivity contribution < 1.29 is 17.9 Å². The smallest absolute Gasteiger partial charge is 0.418 e. The maximum atomic E-state index is 10.4. The van der Waals surface area contributed by atoms with Crippen molar-refractivity contribution in [3.8, 4) is 0 Å². The minimum atomic E-state index is -3.25. The van der Waals surface area contributed by atoms with Crippen LogP contribution in [0.2, 0.25) is 0 Å². The molecule has 0 aliphatic heterocycles. The van der Waals surface area contributed by atoms with Crippen molar-refractivity contribution in [1.82, 2.24) is 0 Å². The highest BCUT2D eigenvalue weighted by molar-refractivity contribution is 7.91. The predicted molar refractivity (Wildman–Crippen MR) is 31.1 cm³/mol. The molecule has 0 N–H and O–H groups in total. The van der Waals surface area contributed by atoms with Gasteiger partial charge in [-0.05, 0) is 6.92 Å². The zero-order chi connectivity index (χ0) is 7.49. The molecule has 0 aromatic carbocycles. The van der Waals surface area contributed by atoms with Crippen molar-refractivity contribution >= 4 is 16.3 Å². The van der Waals surface area contributed by atoms with Crippen LogP contribution in [-0.2, 0) is 19.4 Å². The third-order valence-corrected chi connectivity index (χ3v) is 2.12. The van der Waals surface area contributed by atoms with Crippen molar-refractivity contribution in [2.75, 3.05) is 6.26 Å². The highest BCUT2D eigenvalue weighted by Crippen LogP contribution is 1.96. The van der Waals surface area contributed by atoms with Crippen molar-refractivity contribution in [2.24, 2.45) is 0 Å². The Hall–Kier alpha value is -0.580. The van der Waals surface area contributed by atoms with Crippen LogP contribution in [0.25, 0.3) is 0 Å². The summed E-state index contributed by atoms with van der Waals surface area (Å²) in [5.74, 6) is 0. The van der Waals surface area contributed by atoms with Crippen molar-refractivity contribution in [1.29, 1.82) is 0 Å². The Bertz CT molecular complexity index is 181. The molecular weight excluding hydrogens is 144 g/mol. The second kappa shape index (κ2) is 2.82. The largest absolute Gasteiger partial charge is 0.438 e. The highest BCUT2D eigenvalue weighted by atomic mass is 32.2. The molecule has 0 spiro atoms. The van der Waals surface area contributed by atoms with Gasteiger partial charge in [-0.25, -0.2) is 13.2 Å². The molecule has 53 valence electrons. The van der Waals surface area contributed by atoms with Crippen LogP contribution < -0.4 is 0 Å². The zero-order valence-corrected chi connectivity index (χ0v) is 5.94. The van der Waals surface area contributed by atoms with Crippen LogP contribution in [0, 0.1) is 0 Å². The predicted octanol–water partition coefficient (Wildman–Crippen LogP) is -0.539. The first-order valence-electron chi connectivity index (χ1n) is 2.20. The van der Waals surface area contributed by atoms with Gasteiger partial charge >= 0.3 is 6.47 Å². The zero-order valence-electron chi connectivity index (χ0n) is 5.12. The van der Waals surface area contributed by atoms with Crippen molar-refractivity contribution in [2.45, 2.75) is 12.4 Å². The van der Waals surface area contributed by atoms with Gasteiger partial charge in [0.05, 0.1) is 0 Å². The van der Waals surface area contributed by atoms with E-state index in [-0.39, 0.29) is 0 Å². The Balaban J connectivity index is 4.05. The van der Waals surface area contributed by atoms with Gasteiger partial charge in [-0.1, -0.05) is 0 Å². The summed E-state index contributed by atoms with van der Waals surface area (Å²) in [6, 6.07) is 0. The summed E-state index contributed by atoms with van der Waals surface area (Å²) in [7, 11) is -3.25. The van der Waals surface area contributed by atoms with Crippen LogP contribution in [0.15, 0.2) is 0 Å². The molecule has 0 heterocycles. The third kappa shape index (κ3) is 3.07. The van der Waals surface area contributed by atoms with Crippen molar-refractivity contribution in [3.63, 3.8) is 0 Å². The second-order valence-electron chi connectivity index (χ2n) is 1.60. The molecule has 9 heavy (non-hydrogen) atoms. The molecule has 0 aromatic heterocycles. The Labute approximate surface area is 53.7 Å². The molecule has 5 heteroatoms. The van der Waals surface area contributed by atoms with E-state index in [0.29, 0.717) is 0 Å². The van der Waals surface area contributed by atoms with E-state index < -0.39 is 15.3 Å². The summed E-state index contributed by atoms with van der Waals surface area (Å²) in [5, 5.41) is 0. The van der Waals surface area contributed by atoms with E-state index in [2.05, 4.69) is 4.74 Å². The standard InChI is InChI=1S/C4H7O4S/c1-4(8-3-5)9(2,6)7/h4H,1-2H3. The van der Waals surface area contributed by atoms with Gasteiger partial charge in [0.1, 0.15) is 0 Å². The minimum Gasteiger partial charge on any atom is -0.438 e. The summed E-state index contributed by atoms with van der Waals surface area (Å²) < 4.78 is 24.8. The van der Waals surface area contributed by atoms with Crippen LogP contribution >= 0.6 is 0 Å². The van der Waals surface area contributed by atoms with E-state index in [1.807, 2.05) is 0 Å². The normalized spacial score (nSPS) is 14.4. The fourth-order valence-electron chi connectivity index (χ4n) is 0.155. The molecule has 0 aromatic rings. The lowest BCUT2D eigenvalue weighted by Crippen LogP contribution is -2.18. The number of hydrogen-bond donors (Lipinski definition) is 0. The lowest BCUT2D eigenvalue weighted by Gasteiger charge is -2.03. The molecule has 0 saturated carbocycles. The Morgan fingerprint density at radius 3 is 2.11 bits per heavy atom. The van der Waals surface area contributed by atoms with Gasteiger partial charge < -0.3 is 4.74 Å². The summed E-state index contributed by atoms with van der Waals surface area (Å²) in [5.41, 5.74) is -1.09. The van der Waals surface area contributed by atoms with Gasteiger partial charge in [0.15, 0.2) is 15.3 Å². The molecule has 0 saturated heterocycles. The van der Waals surface area contributed by atoms with E-state index >= 15 is 0 Å². The van der Waals surface area contributed by atoms with E-state index in [0.717, 1.165) is 12.7 Å². The van der Waals surface area contributed by atoms with Gasteiger partial charge in [0.2, 0.25) is 0 Å². The molecule has 1 unspecified atom stereocenters. The quantitative estimate of drug-likeness (QED) is 0.543. The van der Waals surface area contributed by atoms with E-state index in [9.17, 15) is 13.2 Å². The molecule has 0 aliphatic rings. The molecule has 0 bridgehead atoms. The first-order chi connectivity index (χ1) is 3.98.